The molecule has 0 aliphatic rings. The van der Waals surface area contributed by atoms with Crippen LogP contribution >= 0.6 is 11.6 Å². The van der Waals surface area contributed by atoms with Crippen molar-refractivity contribution in [3.05, 3.63) is 51.8 Å². The van der Waals surface area contributed by atoms with E-state index >= 15 is 0 Å². The SMILES string of the molecule is Cc1[nH]c(C(=O)O[C@@H](C)C(=O)Nc2cccc(Cl)c2)c(C)c1[C@H](C)O. The Morgan fingerprint density at radius 1 is 1.28 bits per heavy atom. The summed E-state index contributed by atoms with van der Waals surface area (Å²) in [6.45, 7) is 6.60. The van der Waals surface area contributed by atoms with Crippen LogP contribution in [0.25, 0.3) is 0 Å². The molecule has 1 heterocycles. The molecule has 0 unspecified atom stereocenters. The Morgan fingerprint density at radius 3 is 2.52 bits per heavy atom. The molecule has 25 heavy (non-hydrogen) atoms. The molecule has 3 N–H and O–H groups in total. The van der Waals surface area contributed by atoms with Crippen molar-refractivity contribution in [2.45, 2.75) is 39.9 Å². The van der Waals surface area contributed by atoms with E-state index in [9.17, 15) is 14.7 Å². The van der Waals surface area contributed by atoms with Crippen molar-refractivity contribution in [3.63, 3.8) is 0 Å². The van der Waals surface area contributed by atoms with Gasteiger partial charge in [-0.3, -0.25) is 4.79 Å². The number of aromatic amines is 1. The lowest BCUT2D eigenvalue weighted by Gasteiger charge is -2.13. The largest absolute Gasteiger partial charge is 0.448 e. The first-order valence-electron chi connectivity index (χ1n) is 7.85. The van der Waals surface area contributed by atoms with E-state index in [-0.39, 0.29) is 5.69 Å². The minimum absolute atomic E-state index is 0.232. The van der Waals surface area contributed by atoms with Gasteiger partial charge in [-0.1, -0.05) is 17.7 Å². The summed E-state index contributed by atoms with van der Waals surface area (Å²) >= 11 is 5.87. The molecular weight excluding hydrogens is 344 g/mol. The predicted octanol–water partition coefficient (Wildman–Crippen LogP) is 3.52. The Hall–Kier alpha value is -2.31. The van der Waals surface area contributed by atoms with E-state index in [2.05, 4.69) is 10.3 Å². The van der Waals surface area contributed by atoms with Gasteiger partial charge in [-0.25, -0.2) is 4.79 Å². The lowest BCUT2D eigenvalue weighted by Crippen LogP contribution is -2.30. The molecule has 2 aromatic rings. The molecule has 0 aliphatic carbocycles. The Balaban J connectivity index is 2.07. The molecule has 2 atom stereocenters. The van der Waals surface area contributed by atoms with Crippen molar-refractivity contribution in [2.24, 2.45) is 0 Å². The Kier molecular flexibility index (Phi) is 5.87. The molecule has 0 fully saturated rings. The summed E-state index contributed by atoms with van der Waals surface area (Å²) in [5, 5.41) is 12.9. The number of ether oxygens (including phenoxy) is 1. The average Bonchev–Trinajstić information content (AvgIpc) is 2.82. The van der Waals surface area contributed by atoms with Crippen molar-refractivity contribution in [3.8, 4) is 0 Å². The number of amides is 1. The lowest BCUT2D eigenvalue weighted by atomic mass is 10.1. The minimum Gasteiger partial charge on any atom is -0.448 e. The van der Waals surface area contributed by atoms with E-state index in [1.807, 2.05) is 0 Å². The highest BCUT2D eigenvalue weighted by Crippen LogP contribution is 2.25. The van der Waals surface area contributed by atoms with Crippen LogP contribution in [0.15, 0.2) is 24.3 Å². The fourth-order valence-electron chi connectivity index (χ4n) is 2.68. The third-order valence-electron chi connectivity index (χ3n) is 3.86. The molecule has 0 bridgehead atoms. The van der Waals surface area contributed by atoms with Crippen molar-refractivity contribution in [2.75, 3.05) is 5.32 Å². The van der Waals surface area contributed by atoms with Crippen LogP contribution in [0.3, 0.4) is 0 Å². The molecule has 7 heteroatoms. The molecule has 1 aromatic carbocycles. The molecule has 0 saturated carbocycles. The first-order valence-corrected chi connectivity index (χ1v) is 8.23. The molecular formula is C18H21ClN2O4. The zero-order valence-electron chi connectivity index (χ0n) is 14.5. The Morgan fingerprint density at radius 2 is 1.96 bits per heavy atom. The highest BCUT2D eigenvalue weighted by molar-refractivity contribution is 6.30. The number of rotatable bonds is 5. The monoisotopic (exact) mass is 364 g/mol. The van der Waals surface area contributed by atoms with Crippen LogP contribution in [0, 0.1) is 13.8 Å². The molecule has 2 rings (SSSR count). The van der Waals surface area contributed by atoms with Crippen molar-refractivity contribution in [1.29, 1.82) is 0 Å². The second kappa shape index (κ2) is 7.72. The molecule has 0 spiro atoms. The molecule has 6 nitrogen and oxygen atoms in total. The van der Waals surface area contributed by atoms with Gasteiger partial charge in [-0.05, 0) is 51.5 Å². The maximum atomic E-state index is 12.3. The number of aliphatic hydroxyl groups excluding tert-OH is 1. The van der Waals surface area contributed by atoms with Crippen LogP contribution in [0.5, 0.6) is 0 Å². The van der Waals surface area contributed by atoms with Gasteiger partial charge in [0.1, 0.15) is 5.69 Å². The summed E-state index contributed by atoms with van der Waals surface area (Å²) in [5.41, 5.74) is 2.71. The van der Waals surface area contributed by atoms with Crippen LogP contribution < -0.4 is 5.32 Å². The number of esters is 1. The number of carbonyl (C=O) groups excluding carboxylic acids is 2. The van der Waals surface area contributed by atoms with E-state index in [4.69, 9.17) is 16.3 Å². The second-order valence-electron chi connectivity index (χ2n) is 5.89. The zero-order valence-corrected chi connectivity index (χ0v) is 15.3. The summed E-state index contributed by atoms with van der Waals surface area (Å²) in [5.74, 6) is -1.12. The molecule has 0 saturated heterocycles. The van der Waals surface area contributed by atoms with Gasteiger partial charge in [-0.2, -0.15) is 0 Å². The molecule has 134 valence electrons. The van der Waals surface area contributed by atoms with Crippen LogP contribution in [0.1, 0.15) is 47.3 Å². The number of benzene rings is 1. The van der Waals surface area contributed by atoms with Gasteiger partial charge < -0.3 is 20.1 Å². The first kappa shape index (κ1) is 19.0. The number of carbonyl (C=O) groups is 2. The maximum absolute atomic E-state index is 12.3. The third-order valence-corrected chi connectivity index (χ3v) is 4.10. The fraction of sp³-hybridized carbons (Fsp3) is 0.333. The predicted molar refractivity (Wildman–Crippen MR) is 95.9 cm³/mol. The zero-order chi connectivity index (χ0) is 18.7. The van der Waals surface area contributed by atoms with Gasteiger partial charge in [0.2, 0.25) is 0 Å². The fourth-order valence-corrected chi connectivity index (χ4v) is 2.87. The number of aliphatic hydroxyl groups is 1. The smallest absolute Gasteiger partial charge is 0.355 e. The quantitative estimate of drug-likeness (QED) is 0.708. The number of nitrogens with one attached hydrogen (secondary N) is 2. The summed E-state index contributed by atoms with van der Waals surface area (Å²) in [4.78, 5) is 27.4. The maximum Gasteiger partial charge on any atom is 0.355 e. The normalized spacial score (nSPS) is 13.2. The summed E-state index contributed by atoms with van der Waals surface area (Å²) < 4.78 is 5.23. The van der Waals surface area contributed by atoms with Gasteiger partial charge in [0, 0.05) is 22.0 Å². The van der Waals surface area contributed by atoms with Crippen molar-refractivity contribution in [1.82, 2.24) is 4.98 Å². The van der Waals surface area contributed by atoms with E-state index < -0.39 is 24.1 Å². The molecule has 1 aromatic heterocycles. The number of aromatic nitrogens is 1. The van der Waals surface area contributed by atoms with Crippen LogP contribution in [0.4, 0.5) is 5.69 Å². The Labute approximate surface area is 151 Å². The summed E-state index contributed by atoms with van der Waals surface area (Å²) in [7, 11) is 0. The summed E-state index contributed by atoms with van der Waals surface area (Å²) in [6, 6.07) is 6.68. The molecule has 0 aliphatic heterocycles. The van der Waals surface area contributed by atoms with Crippen LogP contribution in [-0.4, -0.2) is 28.1 Å². The number of aryl methyl sites for hydroxylation is 1. The van der Waals surface area contributed by atoms with Gasteiger partial charge in [0.25, 0.3) is 5.91 Å². The lowest BCUT2D eigenvalue weighted by molar-refractivity contribution is -0.123. The van der Waals surface area contributed by atoms with Gasteiger partial charge in [0.05, 0.1) is 6.10 Å². The second-order valence-corrected chi connectivity index (χ2v) is 6.32. The van der Waals surface area contributed by atoms with Gasteiger partial charge >= 0.3 is 5.97 Å². The van der Waals surface area contributed by atoms with E-state index in [0.717, 1.165) is 0 Å². The number of halogens is 1. The number of hydrogen-bond donors (Lipinski definition) is 3. The van der Waals surface area contributed by atoms with Crippen molar-refractivity contribution >= 4 is 29.2 Å². The first-order chi connectivity index (χ1) is 11.7. The highest BCUT2D eigenvalue weighted by Gasteiger charge is 2.24. The standard InChI is InChI=1S/C18H21ClN2O4/c1-9-15(11(3)22)10(2)20-16(9)18(24)25-12(4)17(23)21-14-7-5-6-13(19)8-14/h5-8,11-12,20,22H,1-4H3,(H,21,23)/t11-,12-/m0/s1. The van der Waals surface area contributed by atoms with Crippen LogP contribution in [0.2, 0.25) is 5.02 Å². The number of hydrogen-bond acceptors (Lipinski definition) is 4. The van der Waals surface area contributed by atoms with Crippen LogP contribution in [-0.2, 0) is 9.53 Å². The molecule has 0 radical (unpaired) electrons. The minimum atomic E-state index is -0.996. The van der Waals surface area contributed by atoms with Crippen molar-refractivity contribution < 1.29 is 19.4 Å². The van der Waals surface area contributed by atoms with Gasteiger partial charge in [0.15, 0.2) is 6.10 Å². The average molecular weight is 365 g/mol. The van der Waals surface area contributed by atoms with E-state index in [1.165, 1.54) is 6.92 Å². The van der Waals surface area contributed by atoms with E-state index in [1.54, 1.807) is 45.0 Å². The number of H-pyrrole nitrogens is 1. The molecule has 1 amide bonds. The summed E-state index contributed by atoms with van der Waals surface area (Å²) in [6.07, 6.45) is -1.70. The topological polar surface area (TPSA) is 91.4 Å². The highest BCUT2D eigenvalue weighted by atomic mass is 35.5. The Bertz CT molecular complexity index is 798. The third kappa shape index (κ3) is 4.41. The van der Waals surface area contributed by atoms with E-state index in [0.29, 0.717) is 27.5 Å². The number of anilines is 1. The van der Waals surface area contributed by atoms with Gasteiger partial charge in [-0.15, -0.1) is 0 Å².